The third kappa shape index (κ3) is 6.04. The van der Waals surface area contributed by atoms with Crippen molar-refractivity contribution in [3.05, 3.63) is 53.7 Å². The van der Waals surface area contributed by atoms with Crippen LogP contribution in [-0.2, 0) is 11.3 Å². The molecule has 0 amide bonds. The van der Waals surface area contributed by atoms with Gasteiger partial charge in [0.25, 0.3) is 0 Å². The Morgan fingerprint density at radius 3 is 2.72 bits per heavy atom. The van der Waals surface area contributed by atoms with E-state index in [0.717, 1.165) is 36.5 Å². The number of aromatic nitrogens is 1. The first-order chi connectivity index (χ1) is 15.2. The predicted octanol–water partition coefficient (Wildman–Crippen LogP) is 4.23. The highest BCUT2D eigenvalue weighted by Gasteiger charge is 2.43. The van der Waals surface area contributed by atoms with Crippen molar-refractivity contribution in [3.8, 4) is 11.6 Å². The summed E-state index contributed by atoms with van der Waals surface area (Å²) in [4.78, 5) is 8.80. The van der Waals surface area contributed by atoms with Crippen molar-refractivity contribution in [3.63, 3.8) is 0 Å². The summed E-state index contributed by atoms with van der Waals surface area (Å²) in [5, 5.41) is 7.04. The third-order valence-electron chi connectivity index (χ3n) is 6.04. The first-order valence-corrected chi connectivity index (χ1v) is 11.0. The van der Waals surface area contributed by atoms with E-state index in [9.17, 15) is 0 Å². The maximum absolute atomic E-state index is 6.47. The molecule has 0 radical (unpaired) electrons. The van der Waals surface area contributed by atoms with Gasteiger partial charge in [0.15, 0.2) is 5.96 Å². The number of nitrogens with zero attached hydrogens (tertiary/aromatic N) is 2. The Labute approximate surface area is 207 Å². The van der Waals surface area contributed by atoms with Crippen LogP contribution in [0.4, 0.5) is 0 Å². The lowest BCUT2D eigenvalue weighted by Crippen LogP contribution is -2.46. The number of fused-ring (bicyclic) bond motifs is 1. The van der Waals surface area contributed by atoms with E-state index in [1.54, 1.807) is 14.2 Å². The van der Waals surface area contributed by atoms with E-state index < -0.39 is 0 Å². The molecule has 1 aromatic heterocycles. The number of aliphatic imine (C=N–C) groups is 1. The Morgan fingerprint density at radius 1 is 1.19 bits per heavy atom. The molecule has 4 rings (SSSR count). The number of halogens is 1. The number of guanidine groups is 1. The van der Waals surface area contributed by atoms with Gasteiger partial charge in [-0.3, -0.25) is 4.99 Å². The molecule has 1 aliphatic heterocycles. The number of pyridine rings is 1. The Bertz CT molecular complexity index is 885. The van der Waals surface area contributed by atoms with Gasteiger partial charge in [-0.2, -0.15) is 0 Å². The average Bonchev–Trinajstić information content (AvgIpc) is 3.24. The van der Waals surface area contributed by atoms with Crippen molar-refractivity contribution in [2.24, 2.45) is 4.99 Å². The van der Waals surface area contributed by atoms with E-state index in [2.05, 4.69) is 38.8 Å². The zero-order chi connectivity index (χ0) is 21.5. The molecule has 0 bridgehead atoms. The van der Waals surface area contributed by atoms with Crippen LogP contribution in [0.1, 0.15) is 49.3 Å². The zero-order valence-electron chi connectivity index (χ0n) is 18.8. The number of rotatable bonds is 7. The van der Waals surface area contributed by atoms with E-state index in [4.69, 9.17) is 14.2 Å². The van der Waals surface area contributed by atoms with Crippen LogP contribution < -0.4 is 20.1 Å². The minimum atomic E-state index is -0.0482. The molecule has 1 fully saturated rings. The summed E-state index contributed by atoms with van der Waals surface area (Å²) in [6.45, 7) is 1.66. The zero-order valence-corrected chi connectivity index (χ0v) is 21.1. The summed E-state index contributed by atoms with van der Waals surface area (Å²) in [6.07, 6.45) is 7.49. The van der Waals surface area contributed by atoms with Crippen LogP contribution in [0.2, 0.25) is 0 Å². The maximum atomic E-state index is 6.47. The molecule has 32 heavy (non-hydrogen) atoms. The topological polar surface area (TPSA) is 77.0 Å². The molecule has 1 atom stereocenters. The van der Waals surface area contributed by atoms with Crippen molar-refractivity contribution in [2.45, 2.75) is 50.3 Å². The van der Waals surface area contributed by atoms with E-state index in [1.807, 2.05) is 24.4 Å². The number of methoxy groups -OCH3 is 1. The molecule has 1 aromatic carbocycles. The molecule has 2 N–H and O–H groups in total. The Balaban J connectivity index is 0.00000289. The third-order valence-corrected chi connectivity index (χ3v) is 6.04. The molecule has 2 heterocycles. The highest BCUT2D eigenvalue weighted by Crippen LogP contribution is 2.46. The number of ether oxygens (including phenoxy) is 3. The second kappa shape index (κ2) is 11.7. The summed E-state index contributed by atoms with van der Waals surface area (Å²) < 4.78 is 17.0. The van der Waals surface area contributed by atoms with Crippen molar-refractivity contribution in [2.75, 3.05) is 27.4 Å². The minimum absolute atomic E-state index is 0. The quantitative estimate of drug-likeness (QED) is 0.232. The number of hydrogen-bond donors (Lipinski definition) is 2. The van der Waals surface area contributed by atoms with Gasteiger partial charge in [-0.15, -0.1) is 24.0 Å². The van der Waals surface area contributed by atoms with E-state index in [0.29, 0.717) is 25.6 Å². The van der Waals surface area contributed by atoms with Gasteiger partial charge in [0.2, 0.25) is 5.88 Å². The fourth-order valence-electron chi connectivity index (χ4n) is 4.45. The second-order valence-corrected chi connectivity index (χ2v) is 8.20. The lowest BCUT2D eigenvalue weighted by molar-refractivity contribution is 0.0396. The molecule has 8 heteroatoms. The molecule has 2 aromatic rings. The van der Waals surface area contributed by atoms with Crippen molar-refractivity contribution >= 4 is 29.9 Å². The van der Waals surface area contributed by atoms with Crippen LogP contribution in [-0.4, -0.2) is 43.9 Å². The van der Waals surface area contributed by atoms with Crippen LogP contribution in [0.25, 0.3) is 0 Å². The second-order valence-electron chi connectivity index (χ2n) is 8.20. The Kier molecular flexibility index (Phi) is 8.98. The smallest absolute Gasteiger partial charge is 0.213 e. The molecule has 1 unspecified atom stereocenters. The number of nitrogens with one attached hydrogen (secondary N) is 2. The monoisotopic (exact) mass is 552 g/mol. The van der Waals surface area contributed by atoms with Crippen molar-refractivity contribution in [1.29, 1.82) is 0 Å². The van der Waals surface area contributed by atoms with Crippen molar-refractivity contribution < 1.29 is 14.2 Å². The van der Waals surface area contributed by atoms with E-state index in [-0.39, 0.29) is 35.6 Å². The summed E-state index contributed by atoms with van der Waals surface area (Å²) in [6, 6.07) is 12.4. The first kappa shape index (κ1) is 24.6. The molecule has 7 nitrogen and oxygen atoms in total. The van der Waals surface area contributed by atoms with Crippen LogP contribution in [0.5, 0.6) is 11.6 Å². The van der Waals surface area contributed by atoms with Crippen molar-refractivity contribution in [1.82, 2.24) is 15.6 Å². The normalized spacial score (nSPS) is 18.9. The molecule has 1 saturated carbocycles. The average molecular weight is 552 g/mol. The fraction of sp³-hybridized carbons (Fsp3) is 0.500. The Hall–Kier alpha value is -2.07. The lowest BCUT2D eigenvalue weighted by Gasteiger charge is -2.40. The fourth-order valence-corrected chi connectivity index (χ4v) is 4.45. The predicted molar refractivity (Wildman–Crippen MR) is 136 cm³/mol. The largest absolute Gasteiger partial charge is 0.487 e. The van der Waals surface area contributed by atoms with Gasteiger partial charge in [0.05, 0.1) is 12.6 Å². The van der Waals surface area contributed by atoms with E-state index >= 15 is 0 Å². The molecular weight excluding hydrogens is 519 g/mol. The Morgan fingerprint density at radius 2 is 2.00 bits per heavy atom. The van der Waals surface area contributed by atoms with Gasteiger partial charge in [-0.1, -0.05) is 24.3 Å². The maximum Gasteiger partial charge on any atom is 0.213 e. The number of benzene rings is 1. The first-order valence-electron chi connectivity index (χ1n) is 11.0. The van der Waals surface area contributed by atoms with Crippen LogP contribution in [0.15, 0.2) is 47.6 Å². The lowest BCUT2D eigenvalue weighted by atomic mass is 9.86. The molecule has 0 saturated heterocycles. The molecule has 2 aliphatic rings. The van der Waals surface area contributed by atoms with Crippen LogP contribution in [0, 0.1) is 0 Å². The molecule has 1 spiro atoms. The summed E-state index contributed by atoms with van der Waals surface area (Å²) in [7, 11) is 3.45. The van der Waals surface area contributed by atoms with E-state index in [1.165, 1.54) is 18.4 Å². The van der Waals surface area contributed by atoms with Crippen LogP contribution >= 0.6 is 24.0 Å². The molecule has 174 valence electrons. The highest BCUT2D eigenvalue weighted by molar-refractivity contribution is 14.0. The van der Waals surface area contributed by atoms with Gasteiger partial charge < -0.3 is 24.8 Å². The molecular formula is C24H33IN4O3. The van der Waals surface area contributed by atoms with Gasteiger partial charge in [-0.05, 0) is 37.3 Å². The highest BCUT2D eigenvalue weighted by atomic mass is 127. The summed E-state index contributed by atoms with van der Waals surface area (Å²) in [5.41, 5.74) is 2.21. The number of hydrogen-bond acceptors (Lipinski definition) is 5. The molecule has 1 aliphatic carbocycles. The van der Waals surface area contributed by atoms with Gasteiger partial charge >= 0.3 is 0 Å². The summed E-state index contributed by atoms with van der Waals surface area (Å²) >= 11 is 0. The summed E-state index contributed by atoms with van der Waals surface area (Å²) in [5.74, 6) is 2.37. The SMILES string of the molecule is CN=C(NCc1ccc(OCCOC)nc1)NC1CC2(CCCC2)Oc2ccccc21.I. The van der Waals surface area contributed by atoms with Gasteiger partial charge in [0.1, 0.15) is 18.0 Å². The van der Waals surface area contributed by atoms with Gasteiger partial charge in [-0.25, -0.2) is 4.98 Å². The number of para-hydroxylation sites is 1. The standard InChI is InChI=1S/C24H32N4O3.HI/c1-25-23(27-17-18-9-10-22(26-16-18)30-14-13-29-2)28-20-15-24(11-5-6-12-24)31-21-8-4-3-7-19(20)21;/h3-4,7-10,16,20H,5-6,11-15,17H2,1-2H3,(H2,25,27,28);1H. The van der Waals surface area contributed by atoms with Crippen LogP contribution in [0.3, 0.4) is 0 Å². The minimum Gasteiger partial charge on any atom is -0.487 e. The van der Waals surface area contributed by atoms with Gasteiger partial charge in [0, 0.05) is 44.9 Å².